The SMILES string of the molecule is COCC(C)N(C)c1cc(CNC2CC2)cc(C)n1. The Morgan fingerprint density at radius 2 is 2.21 bits per heavy atom. The summed E-state index contributed by atoms with van der Waals surface area (Å²) in [4.78, 5) is 6.80. The number of pyridine rings is 1. The lowest BCUT2D eigenvalue weighted by Gasteiger charge is -2.26. The molecule has 1 heterocycles. The summed E-state index contributed by atoms with van der Waals surface area (Å²) >= 11 is 0. The molecule has 106 valence electrons. The molecule has 1 fully saturated rings. The molecule has 0 aliphatic heterocycles. The Kier molecular flexibility index (Phi) is 4.77. The highest BCUT2D eigenvalue weighted by molar-refractivity contribution is 5.42. The van der Waals surface area contributed by atoms with Gasteiger partial charge in [-0.05, 0) is 44.4 Å². The molecule has 19 heavy (non-hydrogen) atoms. The predicted octanol–water partition coefficient (Wildman–Crippen LogP) is 2.11. The van der Waals surface area contributed by atoms with Gasteiger partial charge in [-0.1, -0.05) is 0 Å². The molecule has 1 aliphatic rings. The molecule has 0 aromatic carbocycles. The van der Waals surface area contributed by atoms with Crippen molar-refractivity contribution < 1.29 is 4.74 Å². The summed E-state index contributed by atoms with van der Waals surface area (Å²) in [6.07, 6.45) is 2.64. The predicted molar refractivity (Wildman–Crippen MR) is 78.6 cm³/mol. The lowest BCUT2D eigenvalue weighted by atomic mass is 10.2. The highest BCUT2D eigenvalue weighted by atomic mass is 16.5. The normalized spacial score (nSPS) is 16.4. The molecule has 0 saturated heterocycles. The Morgan fingerprint density at radius 3 is 2.84 bits per heavy atom. The van der Waals surface area contributed by atoms with Gasteiger partial charge < -0.3 is 15.0 Å². The Labute approximate surface area is 116 Å². The van der Waals surface area contributed by atoms with Crippen LogP contribution >= 0.6 is 0 Å². The van der Waals surface area contributed by atoms with Crippen LogP contribution < -0.4 is 10.2 Å². The second-order valence-corrected chi connectivity index (χ2v) is 5.55. The molecular formula is C15H25N3O. The fourth-order valence-corrected chi connectivity index (χ4v) is 2.13. The second kappa shape index (κ2) is 6.35. The first kappa shape index (κ1) is 14.3. The van der Waals surface area contributed by atoms with Crippen molar-refractivity contribution in [1.29, 1.82) is 0 Å². The molecule has 1 aromatic rings. The number of hydrogen-bond donors (Lipinski definition) is 1. The van der Waals surface area contributed by atoms with Gasteiger partial charge in [0.05, 0.1) is 12.6 Å². The molecule has 1 aromatic heterocycles. The zero-order valence-corrected chi connectivity index (χ0v) is 12.4. The van der Waals surface area contributed by atoms with Crippen molar-refractivity contribution >= 4 is 5.82 Å². The van der Waals surface area contributed by atoms with Crippen LogP contribution in [0.3, 0.4) is 0 Å². The standard InChI is InChI=1S/C15H25N3O/c1-11-7-13(9-16-14-5-6-14)8-15(17-11)18(3)12(2)10-19-4/h7-8,12,14,16H,5-6,9-10H2,1-4H3. The van der Waals surface area contributed by atoms with Crippen molar-refractivity contribution in [3.8, 4) is 0 Å². The number of anilines is 1. The quantitative estimate of drug-likeness (QED) is 0.817. The summed E-state index contributed by atoms with van der Waals surface area (Å²) < 4.78 is 5.21. The van der Waals surface area contributed by atoms with E-state index in [1.54, 1.807) is 7.11 Å². The largest absolute Gasteiger partial charge is 0.383 e. The van der Waals surface area contributed by atoms with Crippen LogP contribution in [0.25, 0.3) is 0 Å². The summed E-state index contributed by atoms with van der Waals surface area (Å²) in [7, 11) is 3.81. The Hall–Kier alpha value is -1.13. The van der Waals surface area contributed by atoms with E-state index >= 15 is 0 Å². The van der Waals surface area contributed by atoms with E-state index < -0.39 is 0 Å². The molecule has 1 saturated carbocycles. The van der Waals surface area contributed by atoms with Gasteiger partial charge in [-0.2, -0.15) is 0 Å². The van der Waals surface area contributed by atoms with E-state index in [9.17, 15) is 0 Å². The molecule has 1 N–H and O–H groups in total. The summed E-state index contributed by atoms with van der Waals surface area (Å²) in [5.74, 6) is 1.03. The summed E-state index contributed by atoms with van der Waals surface area (Å²) in [6.45, 7) is 5.85. The fourth-order valence-electron chi connectivity index (χ4n) is 2.13. The van der Waals surface area contributed by atoms with Crippen molar-refractivity contribution in [3.63, 3.8) is 0 Å². The minimum atomic E-state index is 0.323. The van der Waals surface area contributed by atoms with Crippen molar-refractivity contribution in [2.24, 2.45) is 0 Å². The number of rotatable bonds is 7. The van der Waals surface area contributed by atoms with Crippen molar-refractivity contribution in [1.82, 2.24) is 10.3 Å². The average molecular weight is 263 g/mol. The Bertz CT molecular complexity index is 418. The van der Waals surface area contributed by atoms with Gasteiger partial charge in [-0.25, -0.2) is 4.98 Å². The van der Waals surface area contributed by atoms with Crippen molar-refractivity contribution in [3.05, 3.63) is 23.4 Å². The van der Waals surface area contributed by atoms with Crippen LogP contribution in [0, 0.1) is 6.92 Å². The van der Waals surface area contributed by atoms with Gasteiger partial charge in [0.2, 0.25) is 0 Å². The highest BCUT2D eigenvalue weighted by Crippen LogP contribution is 2.21. The van der Waals surface area contributed by atoms with Crippen LogP contribution in [0.15, 0.2) is 12.1 Å². The molecule has 4 heteroatoms. The Balaban J connectivity index is 2.05. The Morgan fingerprint density at radius 1 is 1.47 bits per heavy atom. The first-order valence-electron chi connectivity index (χ1n) is 7.03. The zero-order chi connectivity index (χ0) is 13.8. The van der Waals surface area contributed by atoms with E-state index in [0.717, 1.165) is 24.1 Å². The molecule has 0 spiro atoms. The molecule has 1 aliphatic carbocycles. The van der Waals surface area contributed by atoms with E-state index in [2.05, 4.69) is 48.2 Å². The van der Waals surface area contributed by atoms with Crippen LogP contribution in [-0.2, 0) is 11.3 Å². The third kappa shape index (κ3) is 4.18. The maximum Gasteiger partial charge on any atom is 0.129 e. The maximum atomic E-state index is 5.21. The molecule has 0 amide bonds. The third-order valence-electron chi connectivity index (χ3n) is 3.60. The van der Waals surface area contributed by atoms with Gasteiger partial charge in [0.15, 0.2) is 0 Å². The van der Waals surface area contributed by atoms with Crippen LogP contribution in [0.1, 0.15) is 31.0 Å². The number of likely N-dealkylation sites (N-methyl/N-ethyl adjacent to an activating group) is 1. The van der Waals surface area contributed by atoms with E-state index in [1.165, 1.54) is 18.4 Å². The zero-order valence-electron chi connectivity index (χ0n) is 12.4. The minimum Gasteiger partial charge on any atom is -0.383 e. The van der Waals surface area contributed by atoms with Gasteiger partial charge in [-0.3, -0.25) is 0 Å². The van der Waals surface area contributed by atoms with Gasteiger partial charge in [0, 0.05) is 32.4 Å². The van der Waals surface area contributed by atoms with E-state index in [0.29, 0.717) is 12.6 Å². The number of ether oxygens (including phenoxy) is 1. The van der Waals surface area contributed by atoms with Gasteiger partial charge >= 0.3 is 0 Å². The third-order valence-corrected chi connectivity index (χ3v) is 3.60. The fraction of sp³-hybridized carbons (Fsp3) is 0.667. The molecule has 0 bridgehead atoms. The first-order chi connectivity index (χ1) is 9.10. The van der Waals surface area contributed by atoms with Crippen LogP contribution in [0.5, 0.6) is 0 Å². The number of aromatic nitrogens is 1. The van der Waals surface area contributed by atoms with Gasteiger partial charge in [-0.15, -0.1) is 0 Å². The minimum absolute atomic E-state index is 0.323. The van der Waals surface area contributed by atoms with Crippen molar-refractivity contribution in [2.75, 3.05) is 25.7 Å². The first-order valence-corrected chi connectivity index (χ1v) is 7.03. The monoisotopic (exact) mass is 263 g/mol. The number of aryl methyl sites for hydroxylation is 1. The number of nitrogens with one attached hydrogen (secondary N) is 1. The van der Waals surface area contributed by atoms with E-state index in [4.69, 9.17) is 4.74 Å². The second-order valence-electron chi connectivity index (χ2n) is 5.55. The van der Waals surface area contributed by atoms with Crippen molar-refractivity contribution in [2.45, 2.75) is 45.3 Å². The average Bonchev–Trinajstić information content (AvgIpc) is 3.19. The van der Waals surface area contributed by atoms with Gasteiger partial charge in [0.25, 0.3) is 0 Å². The molecule has 1 unspecified atom stereocenters. The summed E-state index contributed by atoms with van der Waals surface area (Å²) in [6, 6.07) is 5.40. The van der Waals surface area contributed by atoms with Gasteiger partial charge in [0.1, 0.15) is 5.82 Å². The number of nitrogens with zero attached hydrogens (tertiary/aromatic N) is 2. The molecule has 4 nitrogen and oxygen atoms in total. The topological polar surface area (TPSA) is 37.4 Å². The van der Waals surface area contributed by atoms with Crippen LogP contribution in [0.2, 0.25) is 0 Å². The molecule has 0 radical (unpaired) electrons. The van der Waals surface area contributed by atoms with E-state index in [1.807, 2.05) is 0 Å². The highest BCUT2D eigenvalue weighted by Gasteiger charge is 2.20. The molecule has 1 atom stereocenters. The van der Waals surface area contributed by atoms with Crippen LogP contribution in [-0.4, -0.2) is 37.8 Å². The van der Waals surface area contributed by atoms with Crippen LogP contribution in [0.4, 0.5) is 5.82 Å². The lowest BCUT2D eigenvalue weighted by molar-refractivity contribution is 0.183. The maximum absolute atomic E-state index is 5.21. The molecule has 2 rings (SSSR count). The lowest BCUT2D eigenvalue weighted by Crippen LogP contribution is -2.33. The number of hydrogen-bond acceptors (Lipinski definition) is 4. The molecular weight excluding hydrogens is 238 g/mol. The summed E-state index contributed by atoms with van der Waals surface area (Å²) in [5, 5.41) is 3.55. The smallest absolute Gasteiger partial charge is 0.129 e. The number of methoxy groups -OCH3 is 1. The summed E-state index contributed by atoms with van der Waals surface area (Å²) in [5.41, 5.74) is 2.38. The van der Waals surface area contributed by atoms with E-state index in [-0.39, 0.29) is 0 Å².